The average molecular weight is 674 g/mol. The summed E-state index contributed by atoms with van der Waals surface area (Å²) in [5.41, 5.74) is 3.47. The Morgan fingerprint density at radius 1 is 0.587 bits per heavy atom. The van der Waals surface area contributed by atoms with Crippen molar-refractivity contribution in [3.63, 3.8) is 0 Å². The van der Waals surface area contributed by atoms with Crippen LogP contribution in [0.5, 0.6) is 0 Å². The van der Waals surface area contributed by atoms with Crippen LogP contribution in [0.15, 0.2) is 139 Å². The number of hydrogen-bond donors (Lipinski definition) is 0. The van der Waals surface area contributed by atoms with Crippen LogP contribution in [0.4, 0.5) is 28.4 Å². The first kappa shape index (κ1) is 37.6. The van der Waals surface area contributed by atoms with Gasteiger partial charge in [0.05, 0.1) is 32.5 Å². The van der Waals surface area contributed by atoms with Crippen LogP contribution >= 0.6 is 0 Å². The molecule has 0 aromatic heterocycles. The van der Waals surface area contributed by atoms with Gasteiger partial charge >= 0.3 is 59.1 Å². The van der Waals surface area contributed by atoms with Gasteiger partial charge in [-0.15, -0.1) is 10.2 Å². The second kappa shape index (κ2) is 16.3. The van der Waals surface area contributed by atoms with E-state index in [1.54, 1.807) is 48.5 Å². The third-order valence-corrected chi connectivity index (χ3v) is 8.35. The van der Waals surface area contributed by atoms with E-state index < -0.39 is 25.1 Å². The zero-order chi connectivity index (χ0) is 31.3. The number of nitrogens with zero attached hydrogens (tertiary/aromatic N) is 5. The summed E-state index contributed by atoms with van der Waals surface area (Å²) >= 11 is 0. The molecule has 0 saturated heterocycles. The summed E-state index contributed by atoms with van der Waals surface area (Å²) in [6, 6.07) is 29.5. The van der Waals surface area contributed by atoms with Gasteiger partial charge in [0, 0.05) is 29.5 Å². The van der Waals surface area contributed by atoms with Crippen molar-refractivity contribution in [2.45, 2.75) is 23.3 Å². The summed E-state index contributed by atoms with van der Waals surface area (Å²) in [5, 5.41) is 18.1. The normalized spacial score (nSPS) is 11.8. The number of rotatable bonds is 10. The topological polar surface area (TPSA) is 167 Å². The fourth-order valence-corrected chi connectivity index (χ4v) is 5.52. The van der Waals surface area contributed by atoms with E-state index in [0.29, 0.717) is 52.2 Å². The molecule has 224 valence electrons. The van der Waals surface area contributed by atoms with Crippen molar-refractivity contribution >= 4 is 59.4 Å². The van der Waals surface area contributed by atoms with E-state index in [4.69, 9.17) is 0 Å². The maximum absolute atomic E-state index is 11.7. The Bertz CT molecular complexity index is 2100. The molecule has 0 bridgehead atoms. The number of benzene rings is 5. The van der Waals surface area contributed by atoms with Crippen molar-refractivity contribution in [1.82, 2.24) is 0 Å². The van der Waals surface area contributed by atoms with Crippen LogP contribution in [0.2, 0.25) is 0 Å². The van der Waals surface area contributed by atoms with Gasteiger partial charge in [-0.2, -0.15) is 10.2 Å². The first-order chi connectivity index (χ1) is 21.0. The molecule has 5 aromatic rings. The van der Waals surface area contributed by atoms with E-state index in [0.717, 1.165) is 5.69 Å². The van der Waals surface area contributed by atoms with E-state index >= 15 is 0 Å². The van der Waals surface area contributed by atoms with Crippen LogP contribution in [-0.2, 0) is 26.8 Å². The van der Waals surface area contributed by atoms with Crippen LogP contribution in [0.25, 0.3) is 10.8 Å². The standard InChI is InChI=1S/C31H27N5O6S2.2Na/c1-2-36(21-22-7-6-10-26(19-22)43(37,38)39)25-13-11-24(12-14-25)33-34-30-17-18-31(35-32-23-8-4-3-5-9-23)29-20-27(44(40,41)42)15-16-28(29)30;;/h3-20H,2,21H2,1H3,(H,37,38,39)(H,40,41,42);;/q;2*+1/p-2. The molecule has 0 atom stereocenters. The quantitative estimate of drug-likeness (QED) is 0.123. The van der Waals surface area contributed by atoms with Crippen LogP contribution in [0.3, 0.4) is 0 Å². The first-order valence-electron chi connectivity index (χ1n) is 13.3. The van der Waals surface area contributed by atoms with Crippen molar-refractivity contribution in [3.8, 4) is 0 Å². The summed E-state index contributed by atoms with van der Waals surface area (Å²) in [7, 11) is -9.26. The fraction of sp³-hybridized carbons (Fsp3) is 0.0968. The van der Waals surface area contributed by atoms with Crippen LogP contribution in [-0.4, -0.2) is 32.5 Å². The fourth-order valence-electron chi connectivity index (χ4n) is 4.48. The van der Waals surface area contributed by atoms with Crippen LogP contribution in [0, 0.1) is 0 Å². The SMILES string of the molecule is CCN(Cc1cccc(S(=O)(=O)[O-])c1)c1ccc(N=Nc2ccc(N=Nc3ccccc3)c3cc(S(=O)(=O)[O-])ccc23)cc1.[Na+].[Na+]. The molecule has 0 fully saturated rings. The number of anilines is 1. The summed E-state index contributed by atoms with van der Waals surface area (Å²) in [6.07, 6.45) is 0. The molecule has 0 amide bonds. The molecule has 46 heavy (non-hydrogen) atoms. The van der Waals surface area contributed by atoms with Crippen LogP contribution < -0.4 is 64.0 Å². The van der Waals surface area contributed by atoms with Crippen molar-refractivity contribution in [2.24, 2.45) is 20.5 Å². The van der Waals surface area contributed by atoms with Gasteiger partial charge in [0.1, 0.15) is 20.2 Å². The summed E-state index contributed by atoms with van der Waals surface area (Å²) in [6.45, 7) is 2.97. The summed E-state index contributed by atoms with van der Waals surface area (Å²) in [5.74, 6) is 0. The Balaban J connectivity index is 0.00000288. The Hall–Kier alpha value is -2.82. The Morgan fingerprint density at radius 2 is 1.15 bits per heavy atom. The Labute approximate surface area is 311 Å². The molecule has 15 heteroatoms. The molecule has 11 nitrogen and oxygen atoms in total. The monoisotopic (exact) mass is 673 g/mol. The van der Waals surface area contributed by atoms with E-state index in [2.05, 4.69) is 20.5 Å². The molecular weight excluding hydrogens is 648 g/mol. The third kappa shape index (κ3) is 9.61. The molecule has 0 saturated carbocycles. The zero-order valence-corrected chi connectivity index (χ0v) is 30.9. The number of hydrogen-bond acceptors (Lipinski definition) is 11. The molecule has 0 spiro atoms. The van der Waals surface area contributed by atoms with Crippen molar-refractivity contribution in [1.29, 1.82) is 0 Å². The molecule has 0 aliphatic carbocycles. The van der Waals surface area contributed by atoms with E-state index in [1.807, 2.05) is 42.2 Å². The largest absolute Gasteiger partial charge is 1.00 e. The smallest absolute Gasteiger partial charge is 0.744 e. The molecular formula is C31H25N5Na2O6S2. The van der Waals surface area contributed by atoms with Gasteiger partial charge < -0.3 is 14.0 Å². The van der Waals surface area contributed by atoms with Gasteiger partial charge in [0.25, 0.3) is 0 Å². The van der Waals surface area contributed by atoms with Gasteiger partial charge in [0.15, 0.2) is 0 Å². The molecule has 0 N–H and O–H groups in total. The molecule has 0 aliphatic rings. The van der Waals surface area contributed by atoms with Gasteiger partial charge in [-0.1, -0.05) is 36.4 Å². The average Bonchev–Trinajstić information content (AvgIpc) is 3.01. The van der Waals surface area contributed by atoms with Crippen molar-refractivity contribution < 1.29 is 85.1 Å². The minimum absolute atomic E-state index is 0. The summed E-state index contributed by atoms with van der Waals surface area (Å²) in [4.78, 5) is 1.34. The van der Waals surface area contributed by atoms with Crippen LogP contribution in [0.1, 0.15) is 12.5 Å². The Kier molecular flexibility index (Phi) is 13.4. The maximum atomic E-state index is 11.7. The van der Waals surface area contributed by atoms with Gasteiger partial charge in [-0.25, -0.2) is 16.8 Å². The minimum atomic E-state index is -4.71. The maximum Gasteiger partial charge on any atom is 1.00 e. The molecule has 0 heterocycles. The molecule has 5 aromatic carbocycles. The predicted octanol–water partition coefficient (Wildman–Crippen LogP) is 1.51. The Morgan fingerprint density at radius 3 is 1.74 bits per heavy atom. The van der Waals surface area contributed by atoms with Gasteiger partial charge in [-0.3, -0.25) is 0 Å². The molecule has 0 aliphatic heterocycles. The van der Waals surface area contributed by atoms with E-state index in [1.165, 1.54) is 30.3 Å². The second-order valence-corrected chi connectivity index (χ2v) is 12.4. The minimum Gasteiger partial charge on any atom is -0.744 e. The third-order valence-electron chi connectivity index (χ3n) is 6.69. The van der Waals surface area contributed by atoms with Crippen molar-refractivity contribution in [3.05, 3.63) is 115 Å². The molecule has 0 radical (unpaired) electrons. The van der Waals surface area contributed by atoms with Crippen molar-refractivity contribution in [2.75, 3.05) is 11.4 Å². The second-order valence-electron chi connectivity index (χ2n) is 9.63. The molecule has 5 rings (SSSR count). The van der Waals surface area contributed by atoms with E-state index in [-0.39, 0.29) is 64.0 Å². The van der Waals surface area contributed by atoms with E-state index in [9.17, 15) is 25.9 Å². The number of fused-ring (bicyclic) bond motifs is 1. The molecule has 0 unspecified atom stereocenters. The van der Waals surface area contributed by atoms with Gasteiger partial charge in [-0.05, 0) is 85.3 Å². The predicted molar refractivity (Wildman–Crippen MR) is 164 cm³/mol. The number of azo groups is 2. The van der Waals surface area contributed by atoms with Gasteiger partial charge in [0.2, 0.25) is 0 Å². The zero-order valence-electron chi connectivity index (χ0n) is 25.3. The summed E-state index contributed by atoms with van der Waals surface area (Å²) < 4.78 is 69.4. The first-order valence-corrected chi connectivity index (χ1v) is 16.1.